The summed E-state index contributed by atoms with van der Waals surface area (Å²) < 4.78 is 60.0. The lowest BCUT2D eigenvalue weighted by Crippen LogP contribution is -1.96. The maximum absolute atomic E-state index is 14.2. The van der Waals surface area contributed by atoms with Crippen LogP contribution in [-0.2, 0) is 11.2 Å². The quantitative estimate of drug-likeness (QED) is 0.197. The molecule has 0 unspecified atom stereocenters. The fourth-order valence-electron chi connectivity index (χ4n) is 3.34. The van der Waals surface area contributed by atoms with Crippen molar-refractivity contribution in [3.63, 3.8) is 0 Å². The van der Waals surface area contributed by atoms with Crippen LogP contribution in [0.1, 0.15) is 27.8 Å². The summed E-state index contributed by atoms with van der Waals surface area (Å²) in [6.07, 6.45) is 0.634. The molecule has 0 atom stereocenters. The van der Waals surface area contributed by atoms with E-state index in [1.165, 1.54) is 18.2 Å². The fraction of sp³-hybridized carbons (Fsp3) is 0.103. The summed E-state index contributed by atoms with van der Waals surface area (Å²) >= 11 is 0. The summed E-state index contributed by atoms with van der Waals surface area (Å²) in [5.41, 5.74) is 3.10. The van der Waals surface area contributed by atoms with E-state index in [0.29, 0.717) is 35.3 Å². The molecule has 0 N–H and O–H groups in total. The number of halogens is 4. The van der Waals surface area contributed by atoms with Crippen LogP contribution in [0.3, 0.4) is 0 Å². The Bertz CT molecular complexity index is 1480. The fourth-order valence-corrected chi connectivity index (χ4v) is 3.34. The first-order valence-corrected chi connectivity index (χ1v) is 10.4. The van der Waals surface area contributed by atoms with Crippen LogP contribution >= 0.6 is 0 Å². The largest absolute Gasteiger partial charge is 0.384 e. The predicted octanol–water partition coefficient (Wildman–Crippen LogP) is 6.38. The Hall–Kier alpha value is -4.06. The minimum absolute atomic E-state index is 0.00608. The molecule has 4 aromatic rings. The molecule has 0 bridgehead atoms. The average Bonchev–Trinajstić information content (AvgIpc) is 2.85. The molecule has 4 rings (SSSR count). The summed E-state index contributed by atoms with van der Waals surface area (Å²) in [7, 11) is 1.60. The monoisotopic (exact) mass is 458 g/mol. The highest BCUT2D eigenvalue weighted by molar-refractivity contribution is 5.84. The van der Waals surface area contributed by atoms with Gasteiger partial charge < -0.3 is 4.74 Å². The summed E-state index contributed by atoms with van der Waals surface area (Å²) in [6, 6.07) is 17.4. The standard InChI is InChI=1S/C29H18F4O/c1-34-15-14-22-9-12-23(26(30)17-22)11-8-20-4-2-19(3-5-20)6-7-21-10-13-25-24(16-21)18-27(31)29(33)28(25)32/h2-5,9-10,12-13,16-18H,14-15H2,1H3. The number of fused-ring (bicyclic) bond motifs is 1. The second-order valence-corrected chi connectivity index (χ2v) is 7.56. The van der Waals surface area contributed by atoms with Gasteiger partial charge in [0, 0.05) is 29.2 Å². The second kappa shape index (κ2) is 10.3. The molecule has 0 heterocycles. The first kappa shape index (κ1) is 23.1. The molecule has 34 heavy (non-hydrogen) atoms. The van der Waals surface area contributed by atoms with Crippen LogP contribution in [0.2, 0.25) is 0 Å². The van der Waals surface area contributed by atoms with E-state index < -0.39 is 17.5 Å². The third-order valence-electron chi connectivity index (χ3n) is 5.18. The smallest absolute Gasteiger partial charge is 0.195 e. The normalized spacial score (nSPS) is 10.4. The van der Waals surface area contributed by atoms with Gasteiger partial charge in [0.2, 0.25) is 0 Å². The van der Waals surface area contributed by atoms with Crippen molar-refractivity contribution < 1.29 is 22.3 Å². The molecule has 0 aliphatic rings. The minimum atomic E-state index is -1.49. The molecular weight excluding hydrogens is 440 g/mol. The lowest BCUT2D eigenvalue weighted by Gasteiger charge is -2.02. The van der Waals surface area contributed by atoms with E-state index >= 15 is 0 Å². The van der Waals surface area contributed by atoms with Gasteiger partial charge in [0.25, 0.3) is 0 Å². The van der Waals surface area contributed by atoms with Gasteiger partial charge in [0.15, 0.2) is 17.5 Å². The maximum Gasteiger partial charge on any atom is 0.195 e. The van der Waals surface area contributed by atoms with Crippen molar-refractivity contribution >= 4 is 10.8 Å². The van der Waals surface area contributed by atoms with Crippen molar-refractivity contribution in [1.29, 1.82) is 0 Å². The minimum Gasteiger partial charge on any atom is -0.384 e. The van der Waals surface area contributed by atoms with Crippen LogP contribution in [0.5, 0.6) is 0 Å². The van der Waals surface area contributed by atoms with Crippen molar-refractivity contribution in [2.24, 2.45) is 0 Å². The molecule has 0 amide bonds. The Kier molecular flexibility index (Phi) is 6.97. The van der Waals surface area contributed by atoms with Crippen LogP contribution in [-0.4, -0.2) is 13.7 Å². The van der Waals surface area contributed by atoms with Crippen molar-refractivity contribution in [2.45, 2.75) is 6.42 Å². The Labute approximate surface area is 195 Å². The van der Waals surface area contributed by atoms with Crippen molar-refractivity contribution in [3.05, 3.63) is 118 Å². The second-order valence-electron chi connectivity index (χ2n) is 7.56. The Morgan fingerprint density at radius 3 is 1.97 bits per heavy atom. The highest BCUT2D eigenvalue weighted by Crippen LogP contribution is 2.24. The number of ether oxygens (including phenoxy) is 1. The van der Waals surface area contributed by atoms with Crippen LogP contribution in [0.15, 0.2) is 66.7 Å². The average molecular weight is 458 g/mol. The predicted molar refractivity (Wildman–Crippen MR) is 124 cm³/mol. The number of benzene rings is 4. The third kappa shape index (κ3) is 5.29. The molecule has 0 saturated carbocycles. The van der Waals surface area contributed by atoms with E-state index in [1.807, 2.05) is 6.07 Å². The van der Waals surface area contributed by atoms with Gasteiger partial charge in [-0.1, -0.05) is 35.8 Å². The summed E-state index contributed by atoms with van der Waals surface area (Å²) in [6.45, 7) is 0.525. The number of rotatable bonds is 3. The molecule has 0 radical (unpaired) electrons. The molecule has 0 saturated heterocycles. The number of hydrogen-bond acceptors (Lipinski definition) is 1. The number of methoxy groups -OCH3 is 1. The van der Waals surface area contributed by atoms with Gasteiger partial charge in [-0.05, 0) is 72.0 Å². The van der Waals surface area contributed by atoms with Crippen LogP contribution in [0.25, 0.3) is 10.8 Å². The van der Waals surface area contributed by atoms with Crippen molar-refractivity contribution in [1.82, 2.24) is 0 Å². The SMILES string of the molecule is COCCc1ccc(C#Cc2ccc(C#Cc3ccc4c(F)c(F)c(F)cc4c3)cc2)c(F)c1. The molecule has 5 heteroatoms. The molecule has 0 aliphatic carbocycles. The molecule has 0 fully saturated rings. The van der Waals surface area contributed by atoms with E-state index in [0.717, 1.165) is 11.6 Å². The van der Waals surface area contributed by atoms with Crippen LogP contribution < -0.4 is 0 Å². The van der Waals surface area contributed by atoms with E-state index in [4.69, 9.17) is 4.74 Å². The molecule has 1 nitrogen and oxygen atoms in total. The van der Waals surface area contributed by atoms with Gasteiger partial charge in [-0.15, -0.1) is 0 Å². The van der Waals surface area contributed by atoms with Crippen molar-refractivity contribution in [2.75, 3.05) is 13.7 Å². The summed E-state index contributed by atoms with van der Waals surface area (Å²) in [5, 5.41) is 0.223. The van der Waals surface area contributed by atoms with Gasteiger partial charge in [-0.2, -0.15) is 0 Å². The zero-order valence-electron chi connectivity index (χ0n) is 18.2. The topological polar surface area (TPSA) is 9.23 Å². The lowest BCUT2D eigenvalue weighted by molar-refractivity contribution is 0.202. The zero-order chi connectivity index (χ0) is 24.1. The first-order chi connectivity index (χ1) is 16.4. The van der Waals surface area contributed by atoms with E-state index in [1.54, 1.807) is 43.5 Å². The third-order valence-corrected chi connectivity index (χ3v) is 5.18. The lowest BCUT2D eigenvalue weighted by atomic mass is 10.1. The Morgan fingerprint density at radius 2 is 1.29 bits per heavy atom. The van der Waals surface area contributed by atoms with Gasteiger partial charge >= 0.3 is 0 Å². The Balaban J connectivity index is 1.49. The van der Waals surface area contributed by atoms with Gasteiger partial charge in [-0.3, -0.25) is 0 Å². The van der Waals surface area contributed by atoms with E-state index in [2.05, 4.69) is 23.7 Å². The molecule has 0 aromatic heterocycles. The molecule has 4 aromatic carbocycles. The summed E-state index contributed by atoms with van der Waals surface area (Å²) in [4.78, 5) is 0. The highest BCUT2D eigenvalue weighted by Gasteiger charge is 2.13. The summed E-state index contributed by atoms with van der Waals surface area (Å²) in [5.74, 6) is 7.35. The number of hydrogen-bond donors (Lipinski definition) is 0. The molecular formula is C29H18F4O. The van der Waals surface area contributed by atoms with Gasteiger partial charge in [0.1, 0.15) is 5.82 Å². The maximum atomic E-state index is 14.2. The first-order valence-electron chi connectivity index (χ1n) is 10.4. The highest BCUT2D eigenvalue weighted by atomic mass is 19.2. The van der Waals surface area contributed by atoms with Crippen LogP contribution in [0, 0.1) is 47.0 Å². The van der Waals surface area contributed by atoms with Gasteiger partial charge in [-0.25, -0.2) is 17.6 Å². The molecule has 168 valence electrons. The van der Waals surface area contributed by atoms with Crippen LogP contribution in [0.4, 0.5) is 17.6 Å². The van der Waals surface area contributed by atoms with Gasteiger partial charge in [0.05, 0.1) is 12.2 Å². The zero-order valence-corrected chi connectivity index (χ0v) is 18.2. The molecule has 0 spiro atoms. The van der Waals surface area contributed by atoms with E-state index in [-0.39, 0.29) is 16.6 Å². The van der Waals surface area contributed by atoms with E-state index in [9.17, 15) is 17.6 Å². The molecule has 0 aliphatic heterocycles. The van der Waals surface area contributed by atoms with Crippen molar-refractivity contribution in [3.8, 4) is 23.7 Å². The Morgan fingerprint density at radius 1 is 0.647 bits per heavy atom.